The maximum absolute atomic E-state index is 6.11. The summed E-state index contributed by atoms with van der Waals surface area (Å²) < 4.78 is 13.9. The average Bonchev–Trinajstić information content (AvgIpc) is 3.37. The Morgan fingerprint density at radius 3 is 2.75 bits per heavy atom. The molecule has 3 rings (SSSR count). The van der Waals surface area contributed by atoms with Crippen LogP contribution in [-0.2, 0) is 17.8 Å². The number of rotatable bonds is 9. The summed E-state index contributed by atoms with van der Waals surface area (Å²) in [5, 5.41) is 11.4. The van der Waals surface area contributed by atoms with E-state index in [-0.39, 0.29) is 30.1 Å². The first-order chi connectivity index (χ1) is 14.9. The number of benzene rings is 1. The first kappa shape index (κ1) is 26.4. The fourth-order valence-electron chi connectivity index (χ4n) is 3.79. The molecular formula is C24H38IN5O2. The lowest BCUT2D eigenvalue weighted by Gasteiger charge is -2.18. The molecule has 1 aromatic heterocycles. The number of hydrogen-bond acceptors (Lipinski definition) is 4. The Hall–Kier alpha value is -1.81. The van der Waals surface area contributed by atoms with Crippen LogP contribution >= 0.6 is 24.0 Å². The van der Waals surface area contributed by atoms with Crippen molar-refractivity contribution in [2.75, 3.05) is 26.8 Å². The lowest BCUT2D eigenvalue weighted by molar-refractivity contribution is 0.0676. The molecule has 2 unspecified atom stereocenters. The summed E-state index contributed by atoms with van der Waals surface area (Å²) in [6, 6.07) is 8.44. The van der Waals surface area contributed by atoms with Crippen molar-refractivity contribution in [3.05, 3.63) is 46.8 Å². The maximum Gasteiger partial charge on any atom is 0.191 e. The first-order valence-corrected chi connectivity index (χ1v) is 11.2. The van der Waals surface area contributed by atoms with Crippen LogP contribution in [0.2, 0.25) is 0 Å². The Balaban J connectivity index is 0.00000363. The molecule has 8 heteroatoms. The van der Waals surface area contributed by atoms with Gasteiger partial charge in [0, 0.05) is 44.5 Å². The molecule has 0 amide bonds. The molecule has 2 atom stereocenters. The summed E-state index contributed by atoms with van der Waals surface area (Å²) in [4.78, 5) is 4.37. The van der Waals surface area contributed by atoms with E-state index in [4.69, 9.17) is 9.47 Å². The molecule has 0 bridgehead atoms. The highest BCUT2D eigenvalue weighted by atomic mass is 127. The summed E-state index contributed by atoms with van der Waals surface area (Å²) in [5.41, 5.74) is 4.56. The minimum absolute atomic E-state index is 0. The quantitative estimate of drug-likeness (QED) is 0.278. The number of aromatic nitrogens is 2. The van der Waals surface area contributed by atoms with E-state index in [1.165, 1.54) is 11.3 Å². The Morgan fingerprint density at radius 2 is 2.09 bits per heavy atom. The number of guanidine groups is 1. The molecule has 1 aliphatic rings. The Labute approximate surface area is 209 Å². The highest BCUT2D eigenvalue weighted by molar-refractivity contribution is 14.0. The van der Waals surface area contributed by atoms with Crippen LogP contribution in [0.1, 0.15) is 42.3 Å². The maximum atomic E-state index is 6.11. The molecular weight excluding hydrogens is 517 g/mol. The zero-order chi connectivity index (χ0) is 22.2. The van der Waals surface area contributed by atoms with E-state index in [1.807, 2.05) is 6.92 Å². The van der Waals surface area contributed by atoms with Crippen LogP contribution in [0.25, 0.3) is 0 Å². The van der Waals surface area contributed by atoms with Crippen LogP contribution < -0.4 is 15.4 Å². The van der Waals surface area contributed by atoms with Gasteiger partial charge in [-0.25, -0.2) is 0 Å². The van der Waals surface area contributed by atoms with E-state index < -0.39 is 0 Å². The van der Waals surface area contributed by atoms with Gasteiger partial charge in [-0.2, -0.15) is 5.10 Å². The standard InChI is InChI=1S/C24H37N5O2.HI/c1-17-8-9-21(23(11-17)31-16-22-7-6-10-30-22)14-27-24(25-5)26-13-18(2)15-29-20(4)12-19(3)28-29;/h8-9,11-12,18,22H,6-7,10,13-16H2,1-5H3,(H2,25,26,27);1H. The number of hydrogen-bond donors (Lipinski definition) is 2. The molecule has 32 heavy (non-hydrogen) atoms. The second kappa shape index (κ2) is 13.0. The summed E-state index contributed by atoms with van der Waals surface area (Å²) >= 11 is 0. The zero-order valence-corrected chi connectivity index (χ0v) is 22.3. The summed E-state index contributed by atoms with van der Waals surface area (Å²) in [6.45, 7) is 12.2. The summed E-state index contributed by atoms with van der Waals surface area (Å²) in [6.07, 6.45) is 2.40. The second-order valence-corrected chi connectivity index (χ2v) is 8.58. The number of aryl methyl sites for hydroxylation is 3. The third kappa shape index (κ3) is 7.95. The minimum Gasteiger partial charge on any atom is -0.491 e. The molecule has 0 aliphatic carbocycles. The van der Waals surface area contributed by atoms with Crippen LogP contribution in [0.4, 0.5) is 0 Å². The molecule has 0 spiro atoms. The van der Waals surface area contributed by atoms with Gasteiger partial charge in [-0.15, -0.1) is 24.0 Å². The molecule has 2 N–H and O–H groups in total. The normalized spacial score (nSPS) is 17.0. The second-order valence-electron chi connectivity index (χ2n) is 8.58. The van der Waals surface area contributed by atoms with Crippen molar-refractivity contribution in [1.29, 1.82) is 0 Å². The molecule has 7 nitrogen and oxygen atoms in total. The van der Waals surface area contributed by atoms with Gasteiger partial charge in [0.15, 0.2) is 5.96 Å². The third-order valence-corrected chi connectivity index (χ3v) is 5.55. The number of aliphatic imine (C=N–C) groups is 1. The van der Waals surface area contributed by atoms with Gasteiger partial charge in [-0.1, -0.05) is 19.1 Å². The molecule has 0 radical (unpaired) electrons. The Bertz CT molecular complexity index is 877. The topological polar surface area (TPSA) is 72.7 Å². The van der Waals surface area contributed by atoms with Crippen LogP contribution in [0.15, 0.2) is 29.3 Å². The highest BCUT2D eigenvalue weighted by Gasteiger charge is 2.17. The van der Waals surface area contributed by atoms with Crippen molar-refractivity contribution in [2.45, 2.75) is 59.7 Å². The van der Waals surface area contributed by atoms with Gasteiger partial charge in [0.2, 0.25) is 0 Å². The fourth-order valence-corrected chi connectivity index (χ4v) is 3.79. The van der Waals surface area contributed by atoms with Crippen LogP contribution in [-0.4, -0.2) is 48.7 Å². The van der Waals surface area contributed by atoms with Crippen LogP contribution in [0.5, 0.6) is 5.75 Å². The number of halogens is 1. The SMILES string of the molecule is CN=C(NCc1ccc(C)cc1OCC1CCCO1)NCC(C)Cn1nc(C)cc1C.I. The smallest absolute Gasteiger partial charge is 0.191 e. The molecule has 2 aromatic rings. The molecule has 1 aliphatic heterocycles. The Kier molecular flexibility index (Phi) is 10.8. The predicted molar refractivity (Wildman–Crippen MR) is 140 cm³/mol. The zero-order valence-electron chi connectivity index (χ0n) is 20.0. The molecule has 2 heterocycles. The average molecular weight is 556 g/mol. The van der Waals surface area contributed by atoms with Gasteiger partial charge in [-0.3, -0.25) is 9.67 Å². The summed E-state index contributed by atoms with van der Waals surface area (Å²) in [5.74, 6) is 2.11. The monoisotopic (exact) mass is 555 g/mol. The van der Waals surface area contributed by atoms with Gasteiger partial charge in [0.1, 0.15) is 12.4 Å². The number of nitrogens with one attached hydrogen (secondary N) is 2. The first-order valence-electron chi connectivity index (χ1n) is 11.2. The fraction of sp³-hybridized carbons (Fsp3) is 0.583. The van der Waals surface area contributed by atoms with Gasteiger partial charge < -0.3 is 20.1 Å². The minimum atomic E-state index is 0. The lowest BCUT2D eigenvalue weighted by atomic mass is 10.1. The Morgan fingerprint density at radius 1 is 1.28 bits per heavy atom. The van der Waals surface area contributed by atoms with E-state index >= 15 is 0 Å². The van der Waals surface area contributed by atoms with Crippen molar-refractivity contribution in [3.8, 4) is 5.75 Å². The predicted octanol–water partition coefficient (Wildman–Crippen LogP) is 3.99. The number of ether oxygens (including phenoxy) is 2. The van der Waals surface area contributed by atoms with Gasteiger partial charge in [0.25, 0.3) is 0 Å². The van der Waals surface area contributed by atoms with E-state index in [9.17, 15) is 0 Å². The highest BCUT2D eigenvalue weighted by Crippen LogP contribution is 2.22. The van der Waals surface area contributed by atoms with E-state index in [0.29, 0.717) is 19.1 Å². The van der Waals surface area contributed by atoms with Gasteiger partial charge in [0.05, 0.1) is 11.8 Å². The lowest BCUT2D eigenvalue weighted by Crippen LogP contribution is -2.39. The molecule has 1 saturated heterocycles. The summed E-state index contributed by atoms with van der Waals surface area (Å²) in [7, 11) is 1.80. The van der Waals surface area contributed by atoms with Crippen molar-refractivity contribution in [1.82, 2.24) is 20.4 Å². The third-order valence-electron chi connectivity index (χ3n) is 5.55. The van der Waals surface area contributed by atoms with Crippen molar-refractivity contribution in [2.24, 2.45) is 10.9 Å². The van der Waals surface area contributed by atoms with Gasteiger partial charge in [-0.05, 0) is 57.2 Å². The molecule has 1 aromatic carbocycles. The molecule has 1 fully saturated rings. The van der Waals surface area contributed by atoms with E-state index in [0.717, 1.165) is 55.5 Å². The van der Waals surface area contributed by atoms with Crippen molar-refractivity contribution >= 4 is 29.9 Å². The van der Waals surface area contributed by atoms with E-state index in [1.54, 1.807) is 7.05 Å². The van der Waals surface area contributed by atoms with Gasteiger partial charge >= 0.3 is 0 Å². The van der Waals surface area contributed by atoms with Crippen LogP contribution in [0, 0.1) is 26.7 Å². The number of nitrogens with zero attached hydrogens (tertiary/aromatic N) is 3. The van der Waals surface area contributed by atoms with E-state index in [2.05, 4.69) is 70.4 Å². The largest absolute Gasteiger partial charge is 0.491 e. The van der Waals surface area contributed by atoms with Crippen molar-refractivity contribution < 1.29 is 9.47 Å². The molecule has 178 valence electrons. The van der Waals surface area contributed by atoms with Crippen LogP contribution in [0.3, 0.4) is 0 Å². The van der Waals surface area contributed by atoms with Crippen molar-refractivity contribution in [3.63, 3.8) is 0 Å². The molecule has 0 saturated carbocycles.